The Kier molecular flexibility index (Phi) is 4.42. The fourth-order valence-corrected chi connectivity index (χ4v) is 3.13. The van der Waals surface area contributed by atoms with E-state index in [9.17, 15) is 14.4 Å². The van der Waals surface area contributed by atoms with Gasteiger partial charge in [-0.15, -0.1) is 0 Å². The van der Waals surface area contributed by atoms with E-state index in [4.69, 9.17) is 16.3 Å². The van der Waals surface area contributed by atoms with Gasteiger partial charge in [0.2, 0.25) is 0 Å². The molecule has 0 aliphatic carbocycles. The van der Waals surface area contributed by atoms with E-state index in [1.54, 1.807) is 48.5 Å². The third-order valence-electron chi connectivity index (χ3n) is 4.06. The zero-order valence-electron chi connectivity index (χ0n) is 13.4. The zero-order valence-corrected chi connectivity index (χ0v) is 14.1. The molecule has 0 bridgehead atoms. The van der Waals surface area contributed by atoms with Gasteiger partial charge >= 0.3 is 5.97 Å². The lowest BCUT2D eigenvalue weighted by atomic mass is 9.97. The summed E-state index contributed by atoms with van der Waals surface area (Å²) in [6.07, 6.45) is 0. The van der Waals surface area contributed by atoms with Gasteiger partial charge in [-0.3, -0.25) is 14.5 Å². The summed E-state index contributed by atoms with van der Waals surface area (Å²) in [5.74, 6) is -2.06. The molecule has 5 nitrogen and oxygen atoms in total. The number of esters is 1. The number of rotatable bonds is 4. The van der Waals surface area contributed by atoms with Gasteiger partial charge in [-0.25, -0.2) is 4.79 Å². The molecule has 2 aromatic carbocycles. The molecule has 0 aromatic heterocycles. The third-order valence-corrected chi connectivity index (χ3v) is 4.40. The van der Waals surface area contributed by atoms with E-state index in [1.807, 2.05) is 0 Å². The number of anilines is 1. The van der Waals surface area contributed by atoms with Crippen LogP contribution in [0.3, 0.4) is 0 Å². The second kappa shape index (κ2) is 6.53. The number of carbonyl (C=O) groups is 3. The summed E-state index contributed by atoms with van der Waals surface area (Å²) in [5, 5.41) is 0.349. The minimum Gasteiger partial charge on any atom is -0.466 e. The van der Waals surface area contributed by atoms with Crippen molar-refractivity contribution in [3.8, 4) is 0 Å². The van der Waals surface area contributed by atoms with Crippen LogP contribution in [0.25, 0.3) is 0 Å². The van der Waals surface area contributed by atoms with Crippen molar-refractivity contribution in [2.24, 2.45) is 0 Å². The number of fused-ring (bicyclic) bond motifs is 1. The van der Waals surface area contributed by atoms with Crippen LogP contribution in [0.1, 0.15) is 22.0 Å². The number of ketones is 1. The fraction of sp³-hybridized carbons (Fsp3) is 0.105. The molecule has 1 atom stereocenters. The highest BCUT2D eigenvalue weighted by Gasteiger charge is 2.43. The van der Waals surface area contributed by atoms with E-state index in [0.29, 0.717) is 16.3 Å². The van der Waals surface area contributed by atoms with Crippen molar-refractivity contribution in [3.05, 3.63) is 76.8 Å². The molecule has 0 saturated heterocycles. The van der Waals surface area contributed by atoms with Gasteiger partial charge in [0.15, 0.2) is 0 Å². The maximum Gasteiger partial charge on any atom is 0.335 e. The highest BCUT2D eigenvalue weighted by atomic mass is 35.5. The van der Waals surface area contributed by atoms with Gasteiger partial charge in [-0.1, -0.05) is 48.5 Å². The standard InChI is InChI=1S/C19H14ClNO4/c1-11(19(24)25-2)16(12-7-3-5-9-14(12)20)21-15-10-6-4-8-13(15)17(22)18(21)23/h3-10,16H,1H2,2H3/t16-/m0/s1. The molecule has 1 aliphatic rings. The van der Waals surface area contributed by atoms with E-state index >= 15 is 0 Å². The molecule has 0 unspecified atom stereocenters. The van der Waals surface area contributed by atoms with Crippen LogP contribution in [-0.2, 0) is 14.3 Å². The Balaban J connectivity index is 2.21. The van der Waals surface area contributed by atoms with Crippen molar-refractivity contribution in [3.63, 3.8) is 0 Å². The van der Waals surface area contributed by atoms with Crippen molar-refractivity contribution in [2.45, 2.75) is 6.04 Å². The van der Waals surface area contributed by atoms with Crippen LogP contribution in [0.4, 0.5) is 5.69 Å². The van der Waals surface area contributed by atoms with Gasteiger partial charge in [0.1, 0.15) is 0 Å². The first-order valence-corrected chi connectivity index (χ1v) is 7.83. The molecule has 1 amide bonds. The van der Waals surface area contributed by atoms with E-state index in [1.165, 1.54) is 12.0 Å². The zero-order chi connectivity index (χ0) is 18.1. The molecule has 6 heteroatoms. The van der Waals surface area contributed by atoms with Crippen LogP contribution in [0.15, 0.2) is 60.7 Å². The maximum atomic E-state index is 12.6. The van der Waals surface area contributed by atoms with E-state index in [0.717, 1.165) is 0 Å². The summed E-state index contributed by atoms with van der Waals surface area (Å²) >= 11 is 6.28. The van der Waals surface area contributed by atoms with Gasteiger partial charge in [0, 0.05) is 5.02 Å². The molecule has 1 aliphatic heterocycles. The fourth-order valence-electron chi connectivity index (χ4n) is 2.89. The number of halogens is 1. The Morgan fingerprint density at radius 2 is 1.76 bits per heavy atom. The van der Waals surface area contributed by atoms with Crippen molar-refractivity contribution >= 4 is 34.9 Å². The number of ether oxygens (including phenoxy) is 1. The molecule has 0 radical (unpaired) electrons. The summed E-state index contributed by atoms with van der Waals surface area (Å²) < 4.78 is 4.76. The van der Waals surface area contributed by atoms with Gasteiger partial charge in [0.25, 0.3) is 11.7 Å². The quantitative estimate of drug-likeness (QED) is 0.479. The van der Waals surface area contributed by atoms with Crippen molar-refractivity contribution in [1.82, 2.24) is 0 Å². The smallest absolute Gasteiger partial charge is 0.335 e. The lowest BCUT2D eigenvalue weighted by Gasteiger charge is -2.29. The average Bonchev–Trinajstić information content (AvgIpc) is 2.88. The Bertz CT molecular complexity index is 906. The number of benzene rings is 2. The Hall–Kier alpha value is -2.92. The number of para-hydroxylation sites is 1. The monoisotopic (exact) mass is 355 g/mol. The molecule has 0 saturated carbocycles. The van der Waals surface area contributed by atoms with E-state index < -0.39 is 23.7 Å². The summed E-state index contributed by atoms with van der Waals surface area (Å²) in [7, 11) is 1.22. The van der Waals surface area contributed by atoms with Crippen LogP contribution in [0.5, 0.6) is 0 Å². The van der Waals surface area contributed by atoms with Crippen LogP contribution >= 0.6 is 11.6 Å². The minimum absolute atomic E-state index is 0.00783. The molecule has 0 spiro atoms. The average molecular weight is 356 g/mol. The molecule has 3 rings (SSSR count). The van der Waals surface area contributed by atoms with E-state index in [-0.39, 0.29) is 11.1 Å². The first-order chi connectivity index (χ1) is 12.0. The Morgan fingerprint density at radius 1 is 1.12 bits per heavy atom. The summed E-state index contributed by atoms with van der Waals surface area (Å²) in [6.45, 7) is 3.78. The van der Waals surface area contributed by atoms with Gasteiger partial charge in [-0.05, 0) is 23.8 Å². The Morgan fingerprint density at radius 3 is 2.44 bits per heavy atom. The number of amides is 1. The Labute approximate surface area is 149 Å². The summed E-state index contributed by atoms with van der Waals surface area (Å²) in [4.78, 5) is 38.3. The van der Waals surface area contributed by atoms with Crippen molar-refractivity contribution in [2.75, 3.05) is 12.0 Å². The van der Waals surface area contributed by atoms with Crippen molar-refractivity contribution in [1.29, 1.82) is 0 Å². The number of carbonyl (C=O) groups excluding carboxylic acids is 3. The van der Waals surface area contributed by atoms with Crippen LogP contribution in [0, 0.1) is 0 Å². The lowest BCUT2D eigenvalue weighted by Crippen LogP contribution is -2.36. The number of methoxy groups -OCH3 is 1. The van der Waals surface area contributed by atoms with Gasteiger partial charge < -0.3 is 4.74 Å². The molecular weight excluding hydrogens is 342 g/mol. The normalized spacial score (nSPS) is 14.2. The predicted molar refractivity (Wildman–Crippen MR) is 93.6 cm³/mol. The van der Waals surface area contributed by atoms with Crippen LogP contribution in [-0.4, -0.2) is 24.8 Å². The van der Waals surface area contributed by atoms with Gasteiger partial charge in [0.05, 0.1) is 30.0 Å². The highest BCUT2D eigenvalue weighted by molar-refractivity contribution is 6.52. The van der Waals surface area contributed by atoms with E-state index in [2.05, 4.69) is 6.58 Å². The van der Waals surface area contributed by atoms with Gasteiger partial charge in [-0.2, -0.15) is 0 Å². The number of hydrogen-bond donors (Lipinski definition) is 0. The molecule has 0 fully saturated rings. The number of hydrogen-bond acceptors (Lipinski definition) is 4. The lowest BCUT2D eigenvalue weighted by molar-refractivity contribution is -0.136. The molecule has 0 N–H and O–H groups in total. The highest BCUT2D eigenvalue weighted by Crippen LogP contribution is 2.41. The van der Waals surface area contributed by atoms with Crippen LogP contribution in [0.2, 0.25) is 5.02 Å². The topological polar surface area (TPSA) is 63.7 Å². The van der Waals surface area contributed by atoms with Crippen molar-refractivity contribution < 1.29 is 19.1 Å². The molecule has 2 aromatic rings. The van der Waals surface area contributed by atoms with Crippen LogP contribution < -0.4 is 4.90 Å². The minimum atomic E-state index is -0.943. The SMILES string of the molecule is C=C(C(=O)OC)[C@@H](c1ccccc1Cl)N1C(=O)C(=O)c2ccccc21. The largest absolute Gasteiger partial charge is 0.466 e. The third kappa shape index (κ3) is 2.72. The number of Topliss-reactive ketones (excluding diaryl/α,β-unsaturated/α-hetero) is 1. The predicted octanol–water partition coefficient (Wildman–Crippen LogP) is 3.34. The molecule has 126 valence electrons. The first-order valence-electron chi connectivity index (χ1n) is 7.45. The molecular formula is C19H14ClNO4. The second-order valence-electron chi connectivity index (χ2n) is 5.46. The summed E-state index contributed by atoms with van der Waals surface area (Å²) in [6, 6.07) is 12.4. The maximum absolute atomic E-state index is 12.6. The first kappa shape index (κ1) is 16.9. The summed E-state index contributed by atoms with van der Waals surface area (Å²) in [5.41, 5.74) is 1.18. The molecule has 25 heavy (non-hydrogen) atoms. The second-order valence-corrected chi connectivity index (χ2v) is 5.87. The number of nitrogens with zero attached hydrogens (tertiary/aromatic N) is 1. The molecule has 1 heterocycles.